The number of phenols is 1. The minimum atomic E-state index is -1.24. The molecule has 0 bridgehead atoms. The number of alkyl carbamates (subject to hydrolysis) is 1. The van der Waals surface area contributed by atoms with E-state index in [9.17, 15) is 24.8 Å². The van der Waals surface area contributed by atoms with Crippen LogP contribution in [0.25, 0.3) is 0 Å². The second-order valence-electron chi connectivity index (χ2n) is 10.7. The number of phenolic OH excluding ortho intramolecular Hbond substituents is 1. The summed E-state index contributed by atoms with van der Waals surface area (Å²) >= 11 is 0. The standard InChI is InChI=1S/C28H36N4O5/c1-27(2,3)31-24(34)23(20-13-10-14-21(33)18-20)32(16-15-29)25(35)22(17-19-11-8-7-9-12-19)30-26(36)37-28(4,5)6/h7-14,18,22-23,33H,16-17H2,1-6H3,(H,30,36)(H,31,34). The number of carbonyl (C=O) groups is 3. The first-order valence-corrected chi connectivity index (χ1v) is 12.0. The van der Waals surface area contributed by atoms with Crippen LogP contribution < -0.4 is 10.6 Å². The quantitative estimate of drug-likeness (QED) is 0.464. The van der Waals surface area contributed by atoms with Crippen molar-refractivity contribution >= 4 is 17.9 Å². The summed E-state index contributed by atoms with van der Waals surface area (Å²) in [5.74, 6) is -1.27. The summed E-state index contributed by atoms with van der Waals surface area (Å²) in [6.45, 7) is 10.1. The first-order chi connectivity index (χ1) is 17.2. The van der Waals surface area contributed by atoms with Gasteiger partial charge in [-0.3, -0.25) is 9.59 Å². The molecule has 3 amide bonds. The lowest BCUT2D eigenvalue weighted by Gasteiger charge is -2.34. The van der Waals surface area contributed by atoms with Gasteiger partial charge in [-0.1, -0.05) is 42.5 Å². The van der Waals surface area contributed by atoms with E-state index >= 15 is 0 Å². The van der Waals surface area contributed by atoms with Crippen LogP contribution in [0.3, 0.4) is 0 Å². The molecule has 0 saturated carbocycles. The largest absolute Gasteiger partial charge is 0.508 e. The zero-order valence-electron chi connectivity index (χ0n) is 22.2. The van der Waals surface area contributed by atoms with Gasteiger partial charge in [-0.05, 0) is 64.8 Å². The molecule has 0 aromatic heterocycles. The van der Waals surface area contributed by atoms with E-state index in [4.69, 9.17) is 4.74 Å². The average Bonchev–Trinajstić information content (AvgIpc) is 2.76. The Kier molecular flexibility index (Phi) is 9.67. The molecule has 2 atom stereocenters. The van der Waals surface area contributed by atoms with Crippen LogP contribution in [-0.2, 0) is 20.7 Å². The third-order valence-electron chi connectivity index (χ3n) is 5.04. The van der Waals surface area contributed by atoms with E-state index in [0.717, 1.165) is 10.5 Å². The normalized spacial score (nSPS) is 13.0. The number of carbonyl (C=O) groups excluding carboxylic acids is 3. The minimum Gasteiger partial charge on any atom is -0.508 e. The molecule has 198 valence electrons. The van der Waals surface area contributed by atoms with Gasteiger partial charge in [0, 0.05) is 12.0 Å². The maximum atomic E-state index is 14.0. The van der Waals surface area contributed by atoms with Crippen LogP contribution in [0.5, 0.6) is 5.75 Å². The Bertz CT molecular complexity index is 1130. The van der Waals surface area contributed by atoms with Crippen LogP contribution in [0, 0.1) is 11.3 Å². The van der Waals surface area contributed by atoms with Gasteiger partial charge >= 0.3 is 6.09 Å². The summed E-state index contributed by atoms with van der Waals surface area (Å²) in [5, 5.41) is 25.2. The first-order valence-electron chi connectivity index (χ1n) is 12.0. The molecule has 0 radical (unpaired) electrons. The third-order valence-corrected chi connectivity index (χ3v) is 5.04. The number of nitriles is 1. The maximum absolute atomic E-state index is 14.0. The van der Waals surface area contributed by atoms with Crippen molar-refractivity contribution in [1.29, 1.82) is 5.26 Å². The summed E-state index contributed by atoms with van der Waals surface area (Å²) in [7, 11) is 0. The van der Waals surface area contributed by atoms with E-state index in [2.05, 4.69) is 10.6 Å². The Morgan fingerprint density at radius 3 is 2.22 bits per heavy atom. The van der Waals surface area contributed by atoms with Gasteiger partial charge in [0.15, 0.2) is 0 Å². The summed E-state index contributed by atoms with van der Waals surface area (Å²) in [6, 6.07) is 14.6. The highest BCUT2D eigenvalue weighted by Crippen LogP contribution is 2.26. The lowest BCUT2D eigenvalue weighted by Crippen LogP contribution is -2.55. The number of amides is 3. The van der Waals surface area contributed by atoms with Crippen LogP contribution in [0.1, 0.15) is 58.7 Å². The lowest BCUT2D eigenvalue weighted by molar-refractivity contribution is -0.142. The molecule has 0 aliphatic heterocycles. The number of ether oxygens (including phenoxy) is 1. The molecule has 9 heteroatoms. The molecule has 9 nitrogen and oxygen atoms in total. The molecular formula is C28H36N4O5. The monoisotopic (exact) mass is 508 g/mol. The summed E-state index contributed by atoms with van der Waals surface area (Å²) in [6.07, 6.45) is -0.694. The first kappa shape index (κ1) is 29.2. The van der Waals surface area contributed by atoms with E-state index in [0.29, 0.717) is 5.56 Å². The number of hydrogen-bond acceptors (Lipinski definition) is 6. The number of nitrogens with zero attached hydrogens (tertiary/aromatic N) is 2. The van der Waals surface area contributed by atoms with Gasteiger partial charge in [-0.25, -0.2) is 4.79 Å². The number of benzene rings is 2. The SMILES string of the molecule is CC(C)(C)NC(=O)C(c1cccc(O)c1)N(CC#N)C(=O)C(Cc1ccccc1)NC(=O)OC(C)(C)C. The summed E-state index contributed by atoms with van der Waals surface area (Å²) in [5.41, 5.74) is -0.345. The molecule has 3 N–H and O–H groups in total. The molecule has 0 aliphatic rings. The predicted octanol–water partition coefficient (Wildman–Crippen LogP) is 3.84. The van der Waals surface area contributed by atoms with Crippen molar-refractivity contribution in [3.63, 3.8) is 0 Å². The fourth-order valence-electron chi connectivity index (χ4n) is 3.68. The van der Waals surface area contributed by atoms with E-state index in [1.807, 2.05) is 36.4 Å². The van der Waals surface area contributed by atoms with Crippen LogP contribution in [0.2, 0.25) is 0 Å². The molecular weight excluding hydrogens is 472 g/mol. The van der Waals surface area contributed by atoms with Crippen molar-refractivity contribution in [3.8, 4) is 11.8 Å². The Morgan fingerprint density at radius 2 is 1.68 bits per heavy atom. The molecule has 0 saturated heterocycles. The minimum absolute atomic E-state index is 0.0943. The van der Waals surface area contributed by atoms with Crippen molar-refractivity contribution in [2.75, 3.05) is 6.54 Å². The Balaban J connectivity index is 2.54. The Morgan fingerprint density at radius 1 is 1.03 bits per heavy atom. The third kappa shape index (κ3) is 9.49. The molecule has 37 heavy (non-hydrogen) atoms. The van der Waals surface area contributed by atoms with Gasteiger partial charge in [0.05, 0.1) is 6.07 Å². The zero-order valence-corrected chi connectivity index (χ0v) is 22.2. The van der Waals surface area contributed by atoms with E-state index in [1.165, 1.54) is 12.1 Å². The second kappa shape index (κ2) is 12.3. The number of rotatable bonds is 8. The Hall–Kier alpha value is -4.06. The number of aromatic hydroxyl groups is 1. The van der Waals surface area contributed by atoms with Gasteiger partial charge in [0.2, 0.25) is 11.8 Å². The zero-order chi connectivity index (χ0) is 27.8. The molecule has 2 aromatic rings. The van der Waals surface area contributed by atoms with Crippen molar-refractivity contribution in [3.05, 3.63) is 65.7 Å². The molecule has 0 fully saturated rings. The Labute approximate surface area is 218 Å². The van der Waals surface area contributed by atoms with Crippen LogP contribution in [0.4, 0.5) is 4.79 Å². The van der Waals surface area contributed by atoms with Gasteiger partial charge in [0.1, 0.15) is 30.0 Å². The number of hydrogen-bond donors (Lipinski definition) is 3. The van der Waals surface area contributed by atoms with Crippen molar-refractivity contribution in [2.24, 2.45) is 0 Å². The van der Waals surface area contributed by atoms with Crippen LogP contribution in [0.15, 0.2) is 54.6 Å². The molecule has 2 aromatic carbocycles. The topological polar surface area (TPSA) is 132 Å². The smallest absolute Gasteiger partial charge is 0.408 e. The van der Waals surface area contributed by atoms with Crippen molar-refractivity contribution in [1.82, 2.24) is 15.5 Å². The number of nitrogens with one attached hydrogen (secondary N) is 2. The predicted molar refractivity (Wildman–Crippen MR) is 139 cm³/mol. The van der Waals surface area contributed by atoms with Gasteiger partial charge in [-0.15, -0.1) is 0 Å². The molecule has 0 heterocycles. The maximum Gasteiger partial charge on any atom is 0.408 e. The van der Waals surface area contributed by atoms with Crippen molar-refractivity contribution < 1.29 is 24.2 Å². The molecule has 2 unspecified atom stereocenters. The van der Waals surface area contributed by atoms with Gasteiger partial charge < -0.3 is 25.4 Å². The van der Waals surface area contributed by atoms with Gasteiger partial charge in [0.25, 0.3) is 0 Å². The van der Waals surface area contributed by atoms with Crippen molar-refractivity contribution in [2.45, 2.75) is 71.2 Å². The fraction of sp³-hybridized carbons (Fsp3) is 0.429. The highest BCUT2D eigenvalue weighted by molar-refractivity contribution is 5.92. The highest BCUT2D eigenvalue weighted by atomic mass is 16.6. The molecule has 0 aliphatic carbocycles. The fourth-order valence-corrected chi connectivity index (χ4v) is 3.68. The lowest BCUT2D eigenvalue weighted by atomic mass is 9.99. The highest BCUT2D eigenvalue weighted by Gasteiger charge is 2.37. The van der Waals surface area contributed by atoms with Crippen LogP contribution >= 0.6 is 0 Å². The molecule has 2 rings (SSSR count). The summed E-state index contributed by atoms with van der Waals surface area (Å²) < 4.78 is 5.37. The van der Waals surface area contributed by atoms with Crippen LogP contribution in [-0.4, -0.2) is 51.6 Å². The molecule has 0 spiro atoms. The van der Waals surface area contributed by atoms with E-state index in [1.54, 1.807) is 53.7 Å². The average molecular weight is 509 g/mol. The van der Waals surface area contributed by atoms with E-state index < -0.39 is 47.7 Å². The second-order valence-corrected chi connectivity index (χ2v) is 10.7. The van der Waals surface area contributed by atoms with Gasteiger partial charge in [-0.2, -0.15) is 5.26 Å². The summed E-state index contributed by atoms with van der Waals surface area (Å²) in [4.78, 5) is 41.2. The van der Waals surface area contributed by atoms with E-state index in [-0.39, 0.29) is 12.2 Å².